The van der Waals surface area contributed by atoms with E-state index < -0.39 is 21.7 Å². The number of carbonyl (C=O) groups excluding carboxylic acids is 1. The van der Waals surface area contributed by atoms with Gasteiger partial charge in [-0.15, -0.1) is 0 Å². The summed E-state index contributed by atoms with van der Waals surface area (Å²) in [5.41, 5.74) is 0.623. The van der Waals surface area contributed by atoms with Crippen LogP contribution in [0.25, 0.3) is 0 Å². The third-order valence-corrected chi connectivity index (χ3v) is 7.69. The number of hydrogen-bond donors (Lipinski definition) is 1. The smallest absolute Gasteiger partial charge is 0.257 e. The third kappa shape index (κ3) is 4.55. The summed E-state index contributed by atoms with van der Waals surface area (Å²) in [6, 6.07) is 8.59. The standard InChI is InChI=1S/C21H23ClFN3O4S/c22-17-7-6-15(31(28,29)26-10-12-30-13-11-26)14-16(17)21(27)24-20-18(23)4-3-5-19(20)25-8-1-2-9-25/h3-7,14H,1-2,8-13H2,(H,24,27). The van der Waals surface area contributed by atoms with Crippen LogP contribution in [0.5, 0.6) is 0 Å². The van der Waals surface area contributed by atoms with Gasteiger partial charge in [0, 0.05) is 26.2 Å². The second-order valence-corrected chi connectivity index (χ2v) is 9.79. The van der Waals surface area contributed by atoms with Gasteiger partial charge in [-0.25, -0.2) is 12.8 Å². The van der Waals surface area contributed by atoms with Gasteiger partial charge < -0.3 is 15.0 Å². The number of halogens is 2. The predicted molar refractivity (Wildman–Crippen MR) is 117 cm³/mol. The Hall–Kier alpha value is -2.20. The molecule has 2 fully saturated rings. The summed E-state index contributed by atoms with van der Waals surface area (Å²) in [7, 11) is -3.80. The number of morpholine rings is 1. The summed E-state index contributed by atoms with van der Waals surface area (Å²) in [5, 5.41) is 2.68. The molecule has 1 N–H and O–H groups in total. The third-order valence-electron chi connectivity index (χ3n) is 5.47. The van der Waals surface area contributed by atoms with Crippen LogP contribution < -0.4 is 10.2 Å². The van der Waals surface area contributed by atoms with Crippen LogP contribution in [-0.4, -0.2) is 58.0 Å². The average molecular weight is 468 g/mol. The van der Waals surface area contributed by atoms with Gasteiger partial charge in [-0.3, -0.25) is 4.79 Å². The minimum absolute atomic E-state index is 0.0355. The molecular formula is C21H23ClFN3O4S. The minimum Gasteiger partial charge on any atom is -0.379 e. The van der Waals surface area contributed by atoms with Crippen LogP contribution >= 0.6 is 11.6 Å². The van der Waals surface area contributed by atoms with Crippen molar-refractivity contribution in [3.63, 3.8) is 0 Å². The first-order valence-electron chi connectivity index (χ1n) is 10.1. The summed E-state index contributed by atoms with van der Waals surface area (Å²) in [5.74, 6) is -1.24. The van der Waals surface area contributed by atoms with E-state index in [2.05, 4.69) is 5.32 Å². The largest absolute Gasteiger partial charge is 0.379 e. The Morgan fingerprint density at radius 2 is 1.77 bits per heavy atom. The summed E-state index contributed by atoms with van der Waals surface area (Å²) < 4.78 is 47.0. The summed E-state index contributed by atoms with van der Waals surface area (Å²) in [4.78, 5) is 15.0. The highest BCUT2D eigenvalue weighted by molar-refractivity contribution is 7.89. The van der Waals surface area contributed by atoms with Gasteiger partial charge in [-0.1, -0.05) is 17.7 Å². The number of rotatable bonds is 5. The lowest BCUT2D eigenvalue weighted by Gasteiger charge is -2.26. The van der Waals surface area contributed by atoms with Crippen LogP contribution in [0.4, 0.5) is 15.8 Å². The van der Waals surface area contributed by atoms with E-state index in [1.165, 1.54) is 28.6 Å². The average Bonchev–Trinajstić information content (AvgIpc) is 3.30. The van der Waals surface area contributed by atoms with Crippen LogP contribution in [0.15, 0.2) is 41.3 Å². The molecule has 0 radical (unpaired) electrons. The molecule has 0 aromatic heterocycles. The predicted octanol–water partition coefficient (Wildman–Crippen LogP) is 3.35. The van der Waals surface area contributed by atoms with Gasteiger partial charge in [-0.2, -0.15) is 4.31 Å². The first-order chi connectivity index (χ1) is 14.9. The molecule has 0 bridgehead atoms. The zero-order valence-electron chi connectivity index (χ0n) is 16.8. The van der Waals surface area contributed by atoms with Crippen molar-refractivity contribution < 1.29 is 22.3 Å². The topological polar surface area (TPSA) is 79.0 Å². The zero-order valence-corrected chi connectivity index (χ0v) is 18.4. The van der Waals surface area contributed by atoms with Gasteiger partial charge in [-0.05, 0) is 43.2 Å². The number of amides is 1. The summed E-state index contributed by atoms with van der Waals surface area (Å²) in [6.07, 6.45) is 1.99. The Morgan fingerprint density at radius 1 is 1.06 bits per heavy atom. The number of carbonyl (C=O) groups is 1. The maximum atomic E-state index is 14.6. The Bertz CT molecular complexity index is 1080. The Balaban J connectivity index is 1.64. The number of hydrogen-bond acceptors (Lipinski definition) is 5. The molecule has 7 nitrogen and oxygen atoms in total. The lowest BCUT2D eigenvalue weighted by Crippen LogP contribution is -2.40. The van der Waals surface area contributed by atoms with E-state index in [1.54, 1.807) is 12.1 Å². The molecule has 2 aromatic rings. The highest BCUT2D eigenvalue weighted by atomic mass is 35.5. The van der Waals surface area contributed by atoms with Crippen molar-refractivity contribution in [2.75, 3.05) is 49.6 Å². The number of nitrogens with zero attached hydrogens (tertiary/aromatic N) is 2. The van der Waals surface area contributed by atoms with Gasteiger partial charge in [0.2, 0.25) is 10.0 Å². The van der Waals surface area contributed by atoms with Gasteiger partial charge in [0.25, 0.3) is 5.91 Å². The molecule has 0 spiro atoms. The fourth-order valence-electron chi connectivity index (χ4n) is 3.81. The lowest BCUT2D eigenvalue weighted by molar-refractivity contribution is 0.0730. The Kier molecular flexibility index (Phi) is 6.47. The van der Waals surface area contributed by atoms with Crippen LogP contribution in [0.2, 0.25) is 5.02 Å². The van der Waals surface area contributed by atoms with Crippen LogP contribution in [0, 0.1) is 5.82 Å². The van der Waals surface area contributed by atoms with Crippen LogP contribution in [0.1, 0.15) is 23.2 Å². The molecule has 0 aliphatic carbocycles. The maximum absolute atomic E-state index is 14.6. The van der Waals surface area contributed by atoms with Crippen LogP contribution in [0.3, 0.4) is 0 Å². The summed E-state index contributed by atoms with van der Waals surface area (Å²) >= 11 is 6.21. The van der Waals surface area contributed by atoms with Crippen molar-refractivity contribution in [1.82, 2.24) is 4.31 Å². The molecule has 0 atom stereocenters. The molecule has 4 rings (SSSR count). The van der Waals surface area contributed by atoms with Crippen molar-refractivity contribution >= 4 is 38.9 Å². The molecule has 2 aliphatic heterocycles. The fourth-order valence-corrected chi connectivity index (χ4v) is 5.45. The summed E-state index contributed by atoms with van der Waals surface area (Å²) in [6.45, 7) is 2.65. The normalized spacial score (nSPS) is 17.7. The quantitative estimate of drug-likeness (QED) is 0.729. The van der Waals surface area contributed by atoms with Crippen LogP contribution in [-0.2, 0) is 14.8 Å². The number of sulfonamides is 1. The van der Waals surface area contributed by atoms with Crippen molar-refractivity contribution in [2.45, 2.75) is 17.7 Å². The van der Waals surface area contributed by atoms with E-state index in [1.807, 2.05) is 4.90 Å². The van der Waals surface area contributed by atoms with Gasteiger partial charge >= 0.3 is 0 Å². The molecular weight excluding hydrogens is 445 g/mol. The second-order valence-electron chi connectivity index (χ2n) is 7.44. The molecule has 2 saturated heterocycles. The fraction of sp³-hybridized carbons (Fsp3) is 0.381. The van der Waals surface area contributed by atoms with Crippen molar-refractivity contribution in [1.29, 1.82) is 0 Å². The SMILES string of the molecule is O=C(Nc1c(F)cccc1N1CCCC1)c1cc(S(=O)(=O)N2CCOCC2)ccc1Cl. The van der Waals surface area contributed by atoms with Gasteiger partial charge in [0.05, 0.1) is 34.4 Å². The van der Waals surface area contributed by atoms with E-state index in [0.717, 1.165) is 25.9 Å². The van der Waals surface area contributed by atoms with E-state index in [0.29, 0.717) is 18.9 Å². The number of anilines is 2. The molecule has 10 heteroatoms. The Morgan fingerprint density at radius 3 is 2.48 bits per heavy atom. The number of ether oxygens (including phenoxy) is 1. The van der Waals surface area contributed by atoms with E-state index in [-0.39, 0.29) is 34.3 Å². The van der Waals surface area contributed by atoms with Crippen molar-refractivity contribution in [2.24, 2.45) is 0 Å². The first-order valence-corrected chi connectivity index (χ1v) is 11.9. The monoisotopic (exact) mass is 467 g/mol. The van der Waals surface area contributed by atoms with E-state index in [4.69, 9.17) is 16.3 Å². The van der Waals surface area contributed by atoms with Gasteiger partial charge in [0.1, 0.15) is 11.5 Å². The number of nitrogens with one attached hydrogen (secondary N) is 1. The molecule has 1 amide bonds. The molecule has 166 valence electrons. The highest BCUT2D eigenvalue weighted by Crippen LogP contribution is 2.32. The second kappa shape index (κ2) is 9.12. The number of para-hydroxylation sites is 1. The molecule has 0 saturated carbocycles. The van der Waals surface area contributed by atoms with E-state index in [9.17, 15) is 17.6 Å². The zero-order chi connectivity index (χ0) is 22.0. The maximum Gasteiger partial charge on any atom is 0.257 e. The molecule has 2 aromatic carbocycles. The number of benzene rings is 2. The Labute approximate surface area is 185 Å². The lowest BCUT2D eigenvalue weighted by atomic mass is 10.2. The molecule has 2 heterocycles. The highest BCUT2D eigenvalue weighted by Gasteiger charge is 2.28. The van der Waals surface area contributed by atoms with E-state index >= 15 is 0 Å². The van der Waals surface area contributed by atoms with Crippen molar-refractivity contribution in [3.8, 4) is 0 Å². The molecule has 31 heavy (non-hydrogen) atoms. The first kappa shape index (κ1) is 22.0. The molecule has 0 unspecified atom stereocenters. The molecule has 2 aliphatic rings. The minimum atomic E-state index is -3.80. The van der Waals surface area contributed by atoms with Crippen molar-refractivity contribution in [3.05, 3.63) is 52.8 Å². The van der Waals surface area contributed by atoms with Gasteiger partial charge in [0.15, 0.2) is 0 Å².